The minimum atomic E-state index is -0.179. The summed E-state index contributed by atoms with van der Waals surface area (Å²) in [4.78, 5) is 42.3. The minimum Gasteiger partial charge on any atom is -0.495 e. The number of nitrogens with one attached hydrogen (secondary N) is 4. The molecule has 13 heteroatoms. The molecule has 0 saturated carbocycles. The number of nitrogens with zero attached hydrogens (tertiary/aromatic N) is 4. The van der Waals surface area contributed by atoms with Crippen LogP contribution >= 0.6 is 11.3 Å². The lowest BCUT2D eigenvalue weighted by Gasteiger charge is -2.23. The summed E-state index contributed by atoms with van der Waals surface area (Å²) < 4.78 is 10.8. The minimum absolute atomic E-state index is 0.0201. The molecule has 0 atom stereocenters. The number of amides is 2. The second-order valence-electron chi connectivity index (χ2n) is 9.34. The lowest BCUT2D eigenvalue weighted by atomic mass is 10.1. The maximum atomic E-state index is 13.1. The molecule has 4 aromatic rings. The van der Waals surface area contributed by atoms with Crippen LogP contribution in [0.3, 0.4) is 0 Å². The van der Waals surface area contributed by atoms with Gasteiger partial charge >= 0.3 is 0 Å². The lowest BCUT2D eigenvalue weighted by molar-refractivity contribution is -0.119. The van der Waals surface area contributed by atoms with Crippen molar-refractivity contribution in [3.05, 3.63) is 46.3 Å². The van der Waals surface area contributed by atoms with Gasteiger partial charge in [0.15, 0.2) is 0 Å². The molecule has 0 radical (unpaired) electrons. The fraction of sp³-hybridized carbons (Fsp3) is 0.333. The number of fused-ring (bicyclic) bond motifs is 2. The number of ether oxygens (including phenoxy) is 2. The van der Waals surface area contributed by atoms with Crippen molar-refractivity contribution in [2.75, 3.05) is 70.1 Å². The highest BCUT2D eigenvalue weighted by molar-refractivity contribution is 7.12. The van der Waals surface area contributed by atoms with E-state index in [0.717, 1.165) is 23.1 Å². The second kappa shape index (κ2) is 11.9. The van der Waals surface area contributed by atoms with Crippen LogP contribution in [-0.4, -0.2) is 86.2 Å². The van der Waals surface area contributed by atoms with Crippen molar-refractivity contribution in [3.63, 3.8) is 0 Å². The molecule has 1 aromatic carbocycles. The Hall–Kier alpha value is -4.20. The molecular weight excluding hydrogens is 532 g/mol. The number of anilines is 5. The number of aromatic nitrogens is 3. The predicted molar refractivity (Wildman–Crippen MR) is 157 cm³/mol. The zero-order valence-electron chi connectivity index (χ0n) is 22.8. The molecule has 0 fully saturated rings. The van der Waals surface area contributed by atoms with Gasteiger partial charge in [-0.3, -0.25) is 14.5 Å². The third-order valence-electron chi connectivity index (χ3n) is 6.69. The van der Waals surface area contributed by atoms with E-state index in [0.29, 0.717) is 65.7 Å². The first-order valence-electron chi connectivity index (χ1n) is 12.8. The van der Waals surface area contributed by atoms with E-state index in [-0.39, 0.29) is 11.8 Å². The van der Waals surface area contributed by atoms with Crippen LogP contribution in [0.5, 0.6) is 5.75 Å². The summed E-state index contributed by atoms with van der Waals surface area (Å²) in [5.74, 6) is 1.32. The van der Waals surface area contributed by atoms with Crippen molar-refractivity contribution >= 4 is 63.0 Å². The molecule has 210 valence electrons. The number of aromatic amines is 1. The van der Waals surface area contributed by atoms with E-state index in [1.54, 1.807) is 27.5 Å². The summed E-state index contributed by atoms with van der Waals surface area (Å²) >= 11 is 1.34. The molecule has 0 saturated heterocycles. The van der Waals surface area contributed by atoms with E-state index in [2.05, 4.69) is 25.9 Å². The molecular formula is C27H32N8O4S. The fourth-order valence-corrected chi connectivity index (χ4v) is 5.42. The maximum absolute atomic E-state index is 13.1. The van der Waals surface area contributed by atoms with E-state index in [4.69, 9.17) is 14.5 Å². The number of hydrogen-bond acceptors (Lipinski definition) is 10. The van der Waals surface area contributed by atoms with Gasteiger partial charge in [-0.05, 0) is 48.7 Å². The third kappa shape index (κ3) is 5.57. The van der Waals surface area contributed by atoms with Crippen molar-refractivity contribution in [1.29, 1.82) is 0 Å². The number of likely N-dealkylation sites (N-methyl/N-ethyl adjacent to an activating group) is 1. The number of thiophene rings is 1. The van der Waals surface area contributed by atoms with E-state index >= 15 is 0 Å². The van der Waals surface area contributed by atoms with E-state index in [1.807, 2.05) is 46.5 Å². The molecule has 12 nitrogen and oxygen atoms in total. The van der Waals surface area contributed by atoms with Crippen molar-refractivity contribution in [2.24, 2.45) is 0 Å². The Balaban J connectivity index is 1.44. The Morgan fingerprint density at radius 2 is 2.02 bits per heavy atom. The molecule has 0 bridgehead atoms. The van der Waals surface area contributed by atoms with Crippen LogP contribution in [0.15, 0.2) is 35.8 Å². The molecule has 1 aliphatic heterocycles. The molecule has 4 N–H and O–H groups in total. The Bertz CT molecular complexity index is 1530. The lowest BCUT2D eigenvalue weighted by Crippen LogP contribution is -2.39. The van der Waals surface area contributed by atoms with Crippen molar-refractivity contribution < 1.29 is 19.1 Å². The average molecular weight is 565 g/mol. The zero-order chi connectivity index (χ0) is 28.2. The number of carbonyl (C=O) groups is 2. The first-order valence-corrected chi connectivity index (χ1v) is 13.7. The number of carbonyl (C=O) groups excluding carboxylic acids is 2. The number of benzene rings is 1. The fourth-order valence-electron chi connectivity index (χ4n) is 4.62. The molecule has 4 heterocycles. The van der Waals surface area contributed by atoms with Crippen molar-refractivity contribution in [2.45, 2.75) is 6.42 Å². The molecule has 5 rings (SSSR count). The van der Waals surface area contributed by atoms with Crippen molar-refractivity contribution in [1.82, 2.24) is 25.2 Å². The second-order valence-corrected chi connectivity index (χ2v) is 10.3. The van der Waals surface area contributed by atoms with Crippen LogP contribution in [0.2, 0.25) is 0 Å². The molecule has 40 heavy (non-hydrogen) atoms. The summed E-state index contributed by atoms with van der Waals surface area (Å²) in [6, 6.07) is 7.57. The van der Waals surface area contributed by atoms with Crippen LogP contribution in [-0.2, 0) is 16.0 Å². The van der Waals surface area contributed by atoms with Gasteiger partial charge < -0.3 is 35.3 Å². The van der Waals surface area contributed by atoms with Gasteiger partial charge in [0.2, 0.25) is 11.9 Å². The van der Waals surface area contributed by atoms with Crippen LogP contribution in [0.1, 0.15) is 15.2 Å². The molecule has 1 aliphatic rings. The van der Waals surface area contributed by atoms with Gasteiger partial charge in [0.1, 0.15) is 22.1 Å². The molecule has 2 amide bonds. The van der Waals surface area contributed by atoms with Gasteiger partial charge in [-0.2, -0.15) is 9.97 Å². The highest BCUT2D eigenvalue weighted by Gasteiger charge is 2.27. The number of methoxy groups -OCH3 is 2. The predicted octanol–water partition coefficient (Wildman–Crippen LogP) is 3.34. The van der Waals surface area contributed by atoms with Gasteiger partial charge in [0, 0.05) is 39.1 Å². The topological polar surface area (TPSA) is 137 Å². The Morgan fingerprint density at radius 3 is 2.80 bits per heavy atom. The number of hydrogen-bond donors (Lipinski definition) is 4. The summed E-state index contributed by atoms with van der Waals surface area (Å²) in [6.45, 7) is 2.13. The summed E-state index contributed by atoms with van der Waals surface area (Å²) in [5, 5.41) is 11.9. The van der Waals surface area contributed by atoms with E-state index < -0.39 is 0 Å². The number of H-pyrrole nitrogens is 1. The summed E-state index contributed by atoms with van der Waals surface area (Å²) in [7, 11) is 6.76. The molecule has 0 aliphatic carbocycles. The van der Waals surface area contributed by atoms with E-state index in [9.17, 15) is 9.59 Å². The zero-order valence-corrected chi connectivity index (χ0v) is 23.6. The standard InChI is InChI=1S/C27H32N8O4S/c1-28-26(37)23-18(7-12-40-23)30-25-17-5-8-29-24(17)32-27(33-25)31-19-14-20-16(13-21(19)39-4)6-9-35(20)22(36)15-34(2)10-11-38-3/h5,7-8,12-14H,6,9-11,15H2,1-4H3,(H,28,37)(H3,29,30,31,32,33). The number of rotatable bonds is 11. The Morgan fingerprint density at radius 1 is 1.18 bits per heavy atom. The van der Waals surface area contributed by atoms with Gasteiger partial charge in [-0.25, -0.2) is 0 Å². The monoisotopic (exact) mass is 564 g/mol. The van der Waals surface area contributed by atoms with Crippen LogP contribution in [0, 0.1) is 0 Å². The van der Waals surface area contributed by atoms with Gasteiger partial charge in [-0.15, -0.1) is 11.3 Å². The van der Waals surface area contributed by atoms with Crippen LogP contribution in [0.25, 0.3) is 11.0 Å². The SMILES string of the molecule is CNC(=O)c1sccc1Nc1nc(Nc2cc3c(cc2OC)CCN3C(=O)CN(C)CCOC)nc2[nH]ccc12. The third-order valence-corrected chi connectivity index (χ3v) is 7.61. The molecule has 3 aromatic heterocycles. The van der Waals surface area contributed by atoms with Gasteiger partial charge in [0.05, 0.1) is 37.0 Å². The molecule has 0 spiro atoms. The average Bonchev–Trinajstić information content (AvgIpc) is 3.70. The Kier molecular flexibility index (Phi) is 8.14. The van der Waals surface area contributed by atoms with Gasteiger partial charge in [-0.1, -0.05) is 0 Å². The maximum Gasteiger partial charge on any atom is 0.263 e. The van der Waals surface area contributed by atoms with Crippen LogP contribution < -0.4 is 25.6 Å². The highest BCUT2D eigenvalue weighted by atomic mass is 32.1. The highest BCUT2D eigenvalue weighted by Crippen LogP contribution is 2.39. The smallest absolute Gasteiger partial charge is 0.263 e. The summed E-state index contributed by atoms with van der Waals surface area (Å²) in [6.07, 6.45) is 2.53. The van der Waals surface area contributed by atoms with Crippen LogP contribution in [0.4, 0.5) is 28.8 Å². The van der Waals surface area contributed by atoms with Crippen molar-refractivity contribution in [3.8, 4) is 5.75 Å². The normalized spacial score (nSPS) is 12.6. The first kappa shape index (κ1) is 27.4. The first-order chi connectivity index (χ1) is 19.4. The Labute approximate surface area is 235 Å². The largest absolute Gasteiger partial charge is 0.495 e. The van der Waals surface area contributed by atoms with Gasteiger partial charge in [0.25, 0.3) is 5.91 Å². The molecule has 0 unspecified atom stereocenters. The summed E-state index contributed by atoms with van der Waals surface area (Å²) in [5.41, 5.74) is 3.77. The van der Waals surface area contributed by atoms with E-state index in [1.165, 1.54) is 11.3 Å². The quantitative estimate of drug-likeness (QED) is 0.216.